The summed E-state index contributed by atoms with van der Waals surface area (Å²) in [6.07, 6.45) is 8.40. The van der Waals surface area contributed by atoms with Crippen molar-refractivity contribution in [3.63, 3.8) is 0 Å². The molecular formula is C14H18. The lowest BCUT2D eigenvalue weighted by atomic mass is 9.20. The van der Waals surface area contributed by atoms with Crippen molar-refractivity contribution in [2.75, 3.05) is 0 Å². The topological polar surface area (TPSA) is 0 Å². The Bertz CT molecular complexity index is 359. The number of hydrogen-bond donors (Lipinski definition) is 0. The first kappa shape index (κ1) is 6.55. The summed E-state index contributed by atoms with van der Waals surface area (Å²) in [5.74, 6) is 10.0. The van der Waals surface area contributed by atoms with Crippen LogP contribution in [0.15, 0.2) is 0 Å². The average Bonchev–Trinajstić information content (AvgIpc) is 2.53. The van der Waals surface area contributed by atoms with Crippen molar-refractivity contribution in [3.8, 4) is 0 Å². The van der Waals surface area contributed by atoms with Crippen LogP contribution in [0, 0.1) is 52.8 Å². The van der Waals surface area contributed by atoms with Gasteiger partial charge in [0.1, 0.15) is 0 Å². The van der Waals surface area contributed by atoms with Crippen LogP contribution in [-0.2, 0) is 0 Å². The number of hydrogen-bond acceptors (Lipinski definition) is 0. The lowest BCUT2D eigenvalue weighted by Gasteiger charge is -2.84. The molecule has 9 unspecified atom stereocenters. The lowest BCUT2D eigenvalue weighted by molar-refractivity contribution is -0.364. The Kier molecular flexibility index (Phi) is 0.715. The Labute approximate surface area is 85.4 Å². The van der Waals surface area contributed by atoms with Gasteiger partial charge in [-0.3, -0.25) is 0 Å². The molecule has 0 amide bonds. The number of fused-ring (bicyclic) bond motifs is 2. The van der Waals surface area contributed by atoms with Crippen molar-refractivity contribution in [1.29, 1.82) is 0 Å². The van der Waals surface area contributed by atoms with Crippen LogP contribution in [0.2, 0.25) is 0 Å². The van der Waals surface area contributed by atoms with Crippen LogP contribution in [0.4, 0.5) is 0 Å². The maximum absolute atomic E-state index is 1.70. The summed E-state index contributed by atoms with van der Waals surface area (Å²) in [6.45, 7) is 0. The standard InChI is InChI=1S/C14H18/c1-7-4-14-5-8(1)12(14)11-9-2-6(7)3-10(9)13(11)14/h6-13H,1-5H2. The van der Waals surface area contributed by atoms with Gasteiger partial charge in [0.05, 0.1) is 0 Å². The highest BCUT2D eigenvalue weighted by atomic mass is 14.9. The van der Waals surface area contributed by atoms with Crippen molar-refractivity contribution in [2.24, 2.45) is 52.8 Å². The molecule has 7 saturated carbocycles. The van der Waals surface area contributed by atoms with Crippen LogP contribution in [-0.4, -0.2) is 0 Å². The zero-order valence-electron chi connectivity index (χ0n) is 8.65. The molecule has 14 heavy (non-hydrogen) atoms. The highest BCUT2D eigenvalue weighted by molar-refractivity contribution is 5.31. The van der Waals surface area contributed by atoms with Crippen LogP contribution in [0.1, 0.15) is 32.1 Å². The monoisotopic (exact) mass is 186 g/mol. The van der Waals surface area contributed by atoms with E-state index in [4.69, 9.17) is 0 Å². The van der Waals surface area contributed by atoms with Crippen molar-refractivity contribution in [2.45, 2.75) is 32.1 Å². The summed E-state index contributed by atoms with van der Waals surface area (Å²) in [6, 6.07) is 0. The van der Waals surface area contributed by atoms with Crippen molar-refractivity contribution >= 4 is 0 Å². The average molecular weight is 186 g/mol. The molecule has 0 heterocycles. The molecule has 7 aliphatic rings. The maximum atomic E-state index is 1.70. The van der Waals surface area contributed by atoms with Gasteiger partial charge in [0.2, 0.25) is 0 Å². The van der Waals surface area contributed by atoms with Gasteiger partial charge in [0.25, 0.3) is 0 Å². The first-order chi connectivity index (χ1) is 6.88. The molecule has 0 N–H and O–H groups in total. The van der Waals surface area contributed by atoms with E-state index in [0.29, 0.717) is 0 Å². The van der Waals surface area contributed by atoms with Gasteiger partial charge in [-0.25, -0.2) is 0 Å². The second-order valence-corrected chi connectivity index (χ2v) is 7.59. The van der Waals surface area contributed by atoms with E-state index in [1.807, 2.05) is 0 Å². The first-order valence-electron chi connectivity index (χ1n) is 6.88. The molecule has 7 aliphatic carbocycles. The minimum absolute atomic E-state index is 0.995. The summed E-state index contributed by atoms with van der Waals surface area (Å²) in [7, 11) is 0. The fourth-order valence-electron chi connectivity index (χ4n) is 7.99. The molecule has 0 aliphatic heterocycles. The Morgan fingerprint density at radius 1 is 0.714 bits per heavy atom. The third kappa shape index (κ3) is 0.378. The Balaban J connectivity index is 1.65. The molecule has 7 rings (SSSR count). The quantitative estimate of drug-likeness (QED) is 0.545. The molecule has 0 aromatic carbocycles. The highest BCUT2D eigenvalue weighted by Crippen LogP contribution is 2.89. The predicted octanol–water partition coefficient (Wildman–Crippen LogP) is 2.93. The Hall–Kier alpha value is 0. The first-order valence-corrected chi connectivity index (χ1v) is 6.88. The van der Waals surface area contributed by atoms with E-state index < -0.39 is 0 Å². The molecule has 5 bridgehead atoms. The predicted molar refractivity (Wildman–Crippen MR) is 53.4 cm³/mol. The summed E-state index contributed by atoms with van der Waals surface area (Å²) in [5.41, 5.74) is 0.995. The fraction of sp³-hybridized carbons (Fsp3) is 1.00. The van der Waals surface area contributed by atoms with Crippen LogP contribution in [0.5, 0.6) is 0 Å². The molecule has 1 spiro atoms. The third-order valence-electron chi connectivity index (χ3n) is 7.88. The van der Waals surface area contributed by atoms with Gasteiger partial charge < -0.3 is 0 Å². The molecule has 74 valence electrons. The molecule has 0 aromatic heterocycles. The zero-order valence-corrected chi connectivity index (χ0v) is 8.65. The van der Waals surface area contributed by atoms with E-state index in [9.17, 15) is 0 Å². The van der Waals surface area contributed by atoms with Gasteiger partial charge in [0.15, 0.2) is 0 Å². The van der Waals surface area contributed by atoms with E-state index in [1.54, 1.807) is 32.1 Å². The second kappa shape index (κ2) is 1.53. The lowest BCUT2D eigenvalue weighted by Crippen LogP contribution is -2.79. The van der Waals surface area contributed by atoms with Gasteiger partial charge >= 0.3 is 0 Å². The normalized spacial score (nSPS) is 84.0. The SMILES string of the molecule is C1C2CC34CC1C3C1C3CC2CC3C14. The Morgan fingerprint density at radius 3 is 2.57 bits per heavy atom. The van der Waals surface area contributed by atoms with Crippen LogP contribution < -0.4 is 0 Å². The number of rotatable bonds is 0. The summed E-state index contributed by atoms with van der Waals surface area (Å²) in [4.78, 5) is 0. The molecular weight excluding hydrogens is 168 g/mol. The summed E-state index contributed by atoms with van der Waals surface area (Å²) in [5, 5.41) is 0. The minimum atomic E-state index is 0.995. The van der Waals surface area contributed by atoms with Gasteiger partial charge in [0, 0.05) is 0 Å². The molecule has 0 radical (unpaired) electrons. The van der Waals surface area contributed by atoms with Gasteiger partial charge in [-0.15, -0.1) is 0 Å². The molecule has 0 nitrogen and oxygen atoms in total. The highest BCUT2D eigenvalue weighted by Gasteiger charge is 2.83. The summed E-state index contributed by atoms with van der Waals surface area (Å²) < 4.78 is 0. The second-order valence-electron chi connectivity index (χ2n) is 7.59. The van der Waals surface area contributed by atoms with Crippen LogP contribution >= 0.6 is 0 Å². The molecule has 0 aromatic rings. The van der Waals surface area contributed by atoms with Crippen LogP contribution in [0.3, 0.4) is 0 Å². The molecule has 0 saturated heterocycles. The van der Waals surface area contributed by atoms with Gasteiger partial charge in [-0.1, -0.05) is 0 Å². The van der Waals surface area contributed by atoms with Gasteiger partial charge in [-0.05, 0) is 84.9 Å². The van der Waals surface area contributed by atoms with Crippen molar-refractivity contribution in [3.05, 3.63) is 0 Å². The van der Waals surface area contributed by atoms with Crippen molar-refractivity contribution in [1.82, 2.24) is 0 Å². The van der Waals surface area contributed by atoms with E-state index in [-0.39, 0.29) is 0 Å². The third-order valence-corrected chi connectivity index (χ3v) is 7.88. The van der Waals surface area contributed by atoms with Crippen molar-refractivity contribution < 1.29 is 0 Å². The van der Waals surface area contributed by atoms with E-state index in [0.717, 1.165) is 5.41 Å². The minimum Gasteiger partial charge on any atom is -0.0470 e. The van der Waals surface area contributed by atoms with Gasteiger partial charge in [-0.2, -0.15) is 0 Å². The Morgan fingerprint density at radius 2 is 1.57 bits per heavy atom. The smallest absolute Gasteiger partial charge is 0.0224 e. The molecule has 0 heteroatoms. The summed E-state index contributed by atoms with van der Waals surface area (Å²) >= 11 is 0. The van der Waals surface area contributed by atoms with E-state index in [1.165, 1.54) is 47.3 Å². The van der Waals surface area contributed by atoms with E-state index in [2.05, 4.69) is 0 Å². The largest absolute Gasteiger partial charge is 0.0470 e. The van der Waals surface area contributed by atoms with Crippen LogP contribution in [0.25, 0.3) is 0 Å². The van der Waals surface area contributed by atoms with E-state index >= 15 is 0 Å². The fourth-order valence-corrected chi connectivity index (χ4v) is 7.99. The molecule has 7 fully saturated rings. The maximum Gasteiger partial charge on any atom is -0.0224 e. The zero-order chi connectivity index (χ0) is 8.65. The molecule has 9 atom stereocenters.